The molecule has 0 aliphatic carbocycles. The van der Waals surface area contributed by atoms with Gasteiger partial charge in [-0.05, 0) is 55.6 Å². The standard InChI is InChI=1S/C23H31N3O/c1-3-25-14-16-26(17-15-25)22-13-12-21(18-19(22)2)24-23(27)11-7-10-20-8-5-4-6-9-20/h4-6,8-9,12-13,18H,3,7,10-11,14-17H2,1-2H3,(H,24,27). The van der Waals surface area contributed by atoms with Crippen LogP contribution in [0.4, 0.5) is 11.4 Å². The first-order valence-electron chi connectivity index (χ1n) is 10.1. The van der Waals surface area contributed by atoms with Gasteiger partial charge in [0.15, 0.2) is 0 Å². The van der Waals surface area contributed by atoms with Crippen LogP contribution in [0.25, 0.3) is 0 Å². The van der Waals surface area contributed by atoms with Crippen LogP contribution in [0.15, 0.2) is 48.5 Å². The summed E-state index contributed by atoms with van der Waals surface area (Å²) in [5.41, 5.74) is 4.69. The molecule has 0 bridgehead atoms. The van der Waals surface area contributed by atoms with E-state index in [1.54, 1.807) is 0 Å². The van der Waals surface area contributed by atoms with Crippen molar-refractivity contribution in [3.63, 3.8) is 0 Å². The van der Waals surface area contributed by atoms with Gasteiger partial charge < -0.3 is 15.1 Å². The first-order valence-corrected chi connectivity index (χ1v) is 10.1. The molecular formula is C23H31N3O. The quantitative estimate of drug-likeness (QED) is 0.802. The lowest BCUT2D eigenvalue weighted by Crippen LogP contribution is -2.46. The Morgan fingerprint density at radius 2 is 1.78 bits per heavy atom. The fraction of sp³-hybridized carbons (Fsp3) is 0.435. The molecule has 144 valence electrons. The van der Waals surface area contributed by atoms with E-state index in [-0.39, 0.29) is 5.91 Å². The van der Waals surface area contributed by atoms with Gasteiger partial charge in [0.05, 0.1) is 0 Å². The van der Waals surface area contributed by atoms with Crippen LogP contribution in [-0.4, -0.2) is 43.5 Å². The van der Waals surface area contributed by atoms with Crippen LogP contribution in [-0.2, 0) is 11.2 Å². The van der Waals surface area contributed by atoms with Crippen molar-refractivity contribution in [3.8, 4) is 0 Å². The summed E-state index contributed by atoms with van der Waals surface area (Å²) in [6.07, 6.45) is 2.36. The number of piperazine rings is 1. The molecule has 1 aliphatic heterocycles. The molecule has 0 spiro atoms. The highest BCUT2D eigenvalue weighted by Gasteiger charge is 2.17. The van der Waals surface area contributed by atoms with Crippen molar-refractivity contribution in [3.05, 3.63) is 59.7 Å². The van der Waals surface area contributed by atoms with Crippen molar-refractivity contribution in [2.45, 2.75) is 33.1 Å². The molecular weight excluding hydrogens is 334 g/mol. The number of carbonyl (C=O) groups is 1. The molecule has 4 heteroatoms. The van der Waals surface area contributed by atoms with E-state index in [1.807, 2.05) is 24.3 Å². The average Bonchev–Trinajstić information content (AvgIpc) is 2.69. The fourth-order valence-electron chi connectivity index (χ4n) is 3.71. The van der Waals surface area contributed by atoms with E-state index in [4.69, 9.17) is 0 Å². The second-order valence-corrected chi connectivity index (χ2v) is 7.31. The lowest BCUT2D eigenvalue weighted by Gasteiger charge is -2.36. The molecule has 1 N–H and O–H groups in total. The summed E-state index contributed by atoms with van der Waals surface area (Å²) in [6.45, 7) is 9.86. The molecule has 0 unspecified atom stereocenters. The van der Waals surface area contributed by atoms with Crippen LogP contribution >= 0.6 is 0 Å². The second-order valence-electron chi connectivity index (χ2n) is 7.31. The Kier molecular flexibility index (Phi) is 6.88. The first kappa shape index (κ1) is 19.4. The van der Waals surface area contributed by atoms with E-state index in [2.05, 4.69) is 53.2 Å². The number of benzene rings is 2. The van der Waals surface area contributed by atoms with Crippen LogP contribution in [0.5, 0.6) is 0 Å². The summed E-state index contributed by atoms with van der Waals surface area (Å²) in [6, 6.07) is 16.6. The molecule has 27 heavy (non-hydrogen) atoms. The number of anilines is 2. The van der Waals surface area contributed by atoms with Crippen LogP contribution in [0.3, 0.4) is 0 Å². The van der Waals surface area contributed by atoms with Gasteiger partial charge >= 0.3 is 0 Å². The molecule has 2 aromatic carbocycles. The molecule has 2 aromatic rings. The number of likely N-dealkylation sites (N-methyl/N-ethyl adjacent to an activating group) is 1. The van der Waals surface area contributed by atoms with Crippen molar-refractivity contribution in [2.24, 2.45) is 0 Å². The molecule has 3 rings (SSSR count). The molecule has 1 amide bonds. The number of nitrogens with zero attached hydrogens (tertiary/aromatic N) is 2. The minimum atomic E-state index is 0.0923. The van der Waals surface area contributed by atoms with Gasteiger partial charge in [0.2, 0.25) is 5.91 Å². The van der Waals surface area contributed by atoms with Gasteiger partial charge in [-0.1, -0.05) is 37.3 Å². The van der Waals surface area contributed by atoms with Crippen molar-refractivity contribution >= 4 is 17.3 Å². The predicted molar refractivity (Wildman–Crippen MR) is 114 cm³/mol. The molecule has 0 atom stereocenters. The number of nitrogens with one attached hydrogen (secondary N) is 1. The molecule has 1 heterocycles. The van der Waals surface area contributed by atoms with Crippen molar-refractivity contribution in [2.75, 3.05) is 42.9 Å². The zero-order chi connectivity index (χ0) is 19.1. The van der Waals surface area contributed by atoms with Gasteiger partial charge in [-0.15, -0.1) is 0 Å². The van der Waals surface area contributed by atoms with E-state index in [0.717, 1.165) is 51.3 Å². The summed E-state index contributed by atoms with van der Waals surface area (Å²) in [5.74, 6) is 0.0923. The van der Waals surface area contributed by atoms with Gasteiger partial charge in [-0.2, -0.15) is 0 Å². The zero-order valence-corrected chi connectivity index (χ0v) is 16.6. The minimum Gasteiger partial charge on any atom is -0.369 e. The van der Waals surface area contributed by atoms with Crippen LogP contribution in [0, 0.1) is 6.92 Å². The van der Waals surface area contributed by atoms with E-state index >= 15 is 0 Å². The van der Waals surface area contributed by atoms with E-state index in [0.29, 0.717) is 6.42 Å². The largest absolute Gasteiger partial charge is 0.369 e. The Morgan fingerprint density at radius 3 is 2.44 bits per heavy atom. The maximum Gasteiger partial charge on any atom is 0.224 e. The number of hydrogen-bond donors (Lipinski definition) is 1. The molecule has 4 nitrogen and oxygen atoms in total. The number of rotatable bonds is 7. The third-order valence-electron chi connectivity index (χ3n) is 5.35. The summed E-state index contributed by atoms with van der Waals surface area (Å²) < 4.78 is 0. The normalized spacial score (nSPS) is 15.0. The molecule has 1 fully saturated rings. The Bertz CT molecular complexity index is 737. The lowest BCUT2D eigenvalue weighted by atomic mass is 10.1. The molecule has 1 saturated heterocycles. The summed E-state index contributed by atoms with van der Waals surface area (Å²) >= 11 is 0. The highest BCUT2D eigenvalue weighted by molar-refractivity contribution is 5.91. The first-order chi connectivity index (χ1) is 13.2. The maximum absolute atomic E-state index is 12.2. The summed E-state index contributed by atoms with van der Waals surface area (Å²) in [7, 11) is 0. The monoisotopic (exact) mass is 365 g/mol. The van der Waals surface area contributed by atoms with E-state index < -0.39 is 0 Å². The predicted octanol–water partition coefficient (Wildman–Crippen LogP) is 4.10. The highest BCUT2D eigenvalue weighted by atomic mass is 16.1. The number of carbonyl (C=O) groups excluding carboxylic acids is 1. The van der Waals surface area contributed by atoms with Crippen molar-refractivity contribution in [1.82, 2.24) is 4.90 Å². The summed E-state index contributed by atoms with van der Waals surface area (Å²) in [4.78, 5) is 17.2. The van der Waals surface area contributed by atoms with Crippen LogP contribution in [0.1, 0.15) is 30.9 Å². The van der Waals surface area contributed by atoms with E-state index in [1.165, 1.54) is 16.8 Å². The number of amides is 1. The molecule has 0 aromatic heterocycles. The Labute approximate surface area is 163 Å². The van der Waals surface area contributed by atoms with Gasteiger partial charge in [-0.25, -0.2) is 0 Å². The Hall–Kier alpha value is -2.33. The topological polar surface area (TPSA) is 35.6 Å². The Morgan fingerprint density at radius 1 is 1.04 bits per heavy atom. The summed E-state index contributed by atoms with van der Waals surface area (Å²) in [5, 5.41) is 3.05. The third kappa shape index (κ3) is 5.57. The molecule has 0 radical (unpaired) electrons. The average molecular weight is 366 g/mol. The minimum absolute atomic E-state index is 0.0923. The van der Waals surface area contributed by atoms with Crippen molar-refractivity contribution < 1.29 is 4.79 Å². The maximum atomic E-state index is 12.2. The van der Waals surface area contributed by atoms with Gasteiger partial charge in [0.25, 0.3) is 0 Å². The zero-order valence-electron chi connectivity index (χ0n) is 16.6. The Balaban J connectivity index is 1.49. The lowest BCUT2D eigenvalue weighted by molar-refractivity contribution is -0.116. The SMILES string of the molecule is CCN1CCN(c2ccc(NC(=O)CCCc3ccccc3)cc2C)CC1. The van der Waals surface area contributed by atoms with Crippen LogP contribution < -0.4 is 10.2 Å². The van der Waals surface area contributed by atoms with Gasteiger partial charge in [-0.3, -0.25) is 4.79 Å². The van der Waals surface area contributed by atoms with Gasteiger partial charge in [0, 0.05) is 44.0 Å². The van der Waals surface area contributed by atoms with Crippen molar-refractivity contribution in [1.29, 1.82) is 0 Å². The molecule has 0 saturated carbocycles. The smallest absolute Gasteiger partial charge is 0.224 e. The number of aryl methyl sites for hydroxylation is 2. The molecule has 1 aliphatic rings. The van der Waals surface area contributed by atoms with E-state index in [9.17, 15) is 4.79 Å². The third-order valence-corrected chi connectivity index (χ3v) is 5.35. The number of hydrogen-bond acceptors (Lipinski definition) is 3. The highest BCUT2D eigenvalue weighted by Crippen LogP contribution is 2.25. The van der Waals surface area contributed by atoms with Gasteiger partial charge in [0.1, 0.15) is 0 Å². The second kappa shape index (κ2) is 9.56. The fourth-order valence-corrected chi connectivity index (χ4v) is 3.71. The van der Waals surface area contributed by atoms with Crippen LogP contribution in [0.2, 0.25) is 0 Å².